The van der Waals surface area contributed by atoms with Crippen molar-refractivity contribution >= 4 is 38.1 Å². The van der Waals surface area contributed by atoms with Crippen LogP contribution in [0, 0.1) is 5.92 Å². The molecule has 0 bridgehead atoms. The zero-order chi connectivity index (χ0) is 17.9. The molecule has 1 fully saturated rings. The van der Waals surface area contributed by atoms with Crippen molar-refractivity contribution in [3.63, 3.8) is 0 Å². The predicted molar refractivity (Wildman–Crippen MR) is 100 cm³/mol. The van der Waals surface area contributed by atoms with E-state index in [0.717, 1.165) is 30.0 Å². The van der Waals surface area contributed by atoms with Crippen molar-refractivity contribution < 1.29 is 13.2 Å². The molecule has 1 saturated carbocycles. The Balaban J connectivity index is 1.55. The number of anilines is 2. The highest BCUT2D eigenvalue weighted by molar-refractivity contribution is 7.92. The number of benzene rings is 1. The zero-order valence-electron chi connectivity index (χ0n) is 13.8. The van der Waals surface area contributed by atoms with E-state index in [2.05, 4.69) is 20.3 Å². The zero-order valence-corrected chi connectivity index (χ0v) is 15.4. The van der Waals surface area contributed by atoms with Gasteiger partial charge in [0.05, 0.1) is 18.5 Å². The van der Waals surface area contributed by atoms with Gasteiger partial charge in [-0.2, -0.15) is 0 Å². The first-order valence-corrected chi connectivity index (χ1v) is 10.7. The van der Waals surface area contributed by atoms with Crippen molar-refractivity contribution in [1.29, 1.82) is 0 Å². The molecule has 1 aliphatic carbocycles. The van der Waals surface area contributed by atoms with E-state index in [1.807, 2.05) is 5.38 Å². The lowest BCUT2D eigenvalue weighted by Crippen LogP contribution is -2.29. The number of aromatic nitrogens is 1. The maximum Gasteiger partial charge on any atom is 0.240 e. The molecule has 0 radical (unpaired) electrons. The summed E-state index contributed by atoms with van der Waals surface area (Å²) < 4.78 is 24.8. The lowest BCUT2D eigenvalue weighted by molar-refractivity contribution is -0.115. The van der Waals surface area contributed by atoms with Gasteiger partial charge in [0.2, 0.25) is 15.9 Å². The lowest BCUT2D eigenvalue weighted by Gasteiger charge is -2.04. The predicted octanol–water partition coefficient (Wildman–Crippen LogP) is 2.12. The van der Waals surface area contributed by atoms with Crippen LogP contribution >= 0.6 is 11.3 Å². The van der Waals surface area contributed by atoms with Crippen molar-refractivity contribution in [3.8, 4) is 11.3 Å². The standard InChI is InChI=1S/C16H20N4O3S2/c1-25(22,23)20-13-6-4-12(5-7-13)14-10-24-16(18-14)19-15(21)9-17-8-11-2-3-11/h4-7,10-11,17,20H,2-3,8-9H2,1H3,(H,18,19,21). The second kappa shape index (κ2) is 7.51. The molecule has 0 aliphatic heterocycles. The maximum absolute atomic E-state index is 11.9. The second-order valence-corrected chi connectivity index (χ2v) is 8.72. The molecule has 1 amide bonds. The highest BCUT2D eigenvalue weighted by atomic mass is 32.2. The highest BCUT2D eigenvalue weighted by Gasteiger charge is 2.20. The minimum absolute atomic E-state index is 0.103. The van der Waals surface area contributed by atoms with E-state index in [-0.39, 0.29) is 12.5 Å². The van der Waals surface area contributed by atoms with Gasteiger partial charge in [0.15, 0.2) is 5.13 Å². The molecule has 1 aromatic carbocycles. The minimum Gasteiger partial charge on any atom is -0.308 e. The Morgan fingerprint density at radius 1 is 1.28 bits per heavy atom. The van der Waals surface area contributed by atoms with Crippen LogP contribution in [0.15, 0.2) is 29.6 Å². The van der Waals surface area contributed by atoms with E-state index >= 15 is 0 Å². The second-order valence-electron chi connectivity index (χ2n) is 6.11. The summed E-state index contributed by atoms with van der Waals surface area (Å²) >= 11 is 1.36. The lowest BCUT2D eigenvalue weighted by atomic mass is 10.1. The molecule has 0 spiro atoms. The van der Waals surface area contributed by atoms with E-state index in [1.165, 1.54) is 24.2 Å². The number of rotatable bonds is 8. The Kier molecular flexibility index (Phi) is 5.36. The van der Waals surface area contributed by atoms with E-state index in [4.69, 9.17) is 0 Å². The van der Waals surface area contributed by atoms with Gasteiger partial charge in [0, 0.05) is 16.6 Å². The monoisotopic (exact) mass is 380 g/mol. The Morgan fingerprint density at radius 3 is 2.64 bits per heavy atom. The van der Waals surface area contributed by atoms with Gasteiger partial charge in [-0.1, -0.05) is 12.1 Å². The van der Waals surface area contributed by atoms with Gasteiger partial charge in [0.1, 0.15) is 0 Å². The van der Waals surface area contributed by atoms with Crippen LogP contribution in [0.5, 0.6) is 0 Å². The SMILES string of the molecule is CS(=O)(=O)Nc1ccc(-c2csc(NC(=O)CNCC3CC3)n2)cc1. The summed E-state index contributed by atoms with van der Waals surface area (Å²) in [6.07, 6.45) is 3.61. The average molecular weight is 380 g/mol. The smallest absolute Gasteiger partial charge is 0.240 e. The van der Waals surface area contributed by atoms with E-state index < -0.39 is 10.0 Å². The molecule has 25 heavy (non-hydrogen) atoms. The Morgan fingerprint density at radius 2 is 2.00 bits per heavy atom. The third-order valence-corrected chi connectivity index (χ3v) is 5.01. The largest absolute Gasteiger partial charge is 0.308 e. The van der Waals surface area contributed by atoms with Crippen molar-refractivity contribution in [2.45, 2.75) is 12.8 Å². The first-order valence-electron chi connectivity index (χ1n) is 7.93. The first kappa shape index (κ1) is 17.8. The number of nitrogens with one attached hydrogen (secondary N) is 3. The summed E-state index contributed by atoms with van der Waals surface area (Å²) in [5.74, 6) is 0.633. The highest BCUT2D eigenvalue weighted by Crippen LogP contribution is 2.28. The quantitative estimate of drug-likeness (QED) is 0.651. The Labute approximate surface area is 150 Å². The molecule has 3 N–H and O–H groups in total. The molecule has 0 unspecified atom stereocenters. The van der Waals surface area contributed by atoms with Crippen molar-refractivity contribution in [1.82, 2.24) is 10.3 Å². The van der Waals surface area contributed by atoms with Crippen molar-refractivity contribution in [2.75, 3.05) is 29.4 Å². The fraction of sp³-hybridized carbons (Fsp3) is 0.375. The number of hydrogen-bond donors (Lipinski definition) is 3. The van der Waals surface area contributed by atoms with Gasteiger partial charge in [0.25, 0.3) is 0 Å². The molecule has 1 heterocycles. The van der Waals surface area contributed by atoms with Crippen LogP contribution in [0.25, 0.3) is 11.3 Å². The third kappa shape index (κ3) is 5.80. The van der Waals surface area contributed by atoms with Crippen molar-refractivity contribution in [2.24, 2.45) is 5.92 Å². The summed E-state index contributed by atoms with van der Waals surface area (Å²) in [6.45, 7) is 1.18. The molecule has 0 atom stereocenters. The normalized spacial score (nSPS) is 14.3. The number of sulfonamides is 1. The van der Waals surface area contributed by atoms with E-state index in [0.29, 0.717) is 10.8 Å². The van der Waals surface area contributed by atoms with Crippen LogP contribution < -0.4 is 15.4 Å². The molecular weight excluding hydrogens is 360 g/mol. The van der Waals surface area contributed by atoms with Crippen LogP contribution in [-0.2, 0) is 14.8 Å². The molecule has 3 rings (SSSR count). The maximum atomic E-state index is 11.9. The summed E-state index contributed by atoms with van der Waals surface area (Å²) in [7, 11) is -3.29. The van der Waals surface area contributed by atoms with Crippen LogP contribution in [0.4, 0.5) is 10.8 Å². The molecule has 0 saturated heterocycles. The van der Waals surface area contributed by atoms with Crippen LogP contribution in [-0.4, -0.2) is 38.7 Å². The van der Waals surface area contributed by atoms with Crippen LogP contribution in [0.2, 0.25) is 0 Å². The summed E-state index contributed by atoms with van der Waals surface area (Å²) in [5.41, 5.74) is 2.08. The molecule has 134 valence electrons. The number of amides is 1. The number of thiazole rings is 1. The molecule has 2 aromatic rings. The first-order chi connectivity index (χ1) is 11.9. The van der Waals surface area contributed by atoms with Gasteiger partial charge >= 0.3 is 0 Å². The van der Waals surface area contributed by atoms with Crippen LogP contribution in [0.3, 0.4) is 0 Å². The summed E-state index contributed by atoms with van der Waals surface area (Å²) in [6, 6.07) is 6.92. The van der Waals surface area contributed by atoms with Gasteiger partial charge in [-0.05, 0) is 37.4 Å². The Hall–Kier alpha value is -1.97. The number of carbonyl (C=O) groups is 1. The fourth-order valence-electron chi connectivity index (χ4n) is 2.26. The molecular formula is C16H20N4O3S2. The van der Waals surface area contributed by atoms with Gasteiger partial charge in [-0.3, -0.25) is 9.52 Å². The topological polar surface area (TPSA) is 100 Å². The van der Waals surface area contributed by atoms with Gasteiger partial charge in [-0.25, -0.2) is 13.4 Å². The minimum atomic E-state index is -3.29. The summed E-state index contributed by atoms with van der Waals surface area (Å²) in [4.78, 5) is 16.3. The van der Waals surface area contributed by atoms with Gasteiger partial charge in [-0.15, -0.1) is 11.3 Å². The van der Waals surface area contributed by atoms with E-state index in [1.54, 1.807) is 24.3 Å². The number of hydrogen-bond acceptors (Lipinski definition) is 6. The Bertz CT molecular complexity index is 843. The average Bonchev–Trinajstić information content (AvgIpc) is 3.24. The van der Waals surface area contributed by atoms with Gasteiger partial charge < -0.3 is 10.6 Å². The molecule has 1 aliphatic rings. The molecule has 9 heteroatoms. The number of nitrogens with zero attached hydrogens (tertiary/aromatic N) is 1. The summed E-state index contributed by atoms with van der Waals surface area (Å²) in [5, 5.41) is 8.32. The number of carbonyl (C=O) groups excluding carboxylic acids is 1. The fourth-order valence-corrected chi connectivity index (χ4v) is 3.56. The van der Waals surface area contributed by atoms with Crippen molar-refractivity contribution in [3.05, 3.63) is 29.6 Å². The van der Waals surface area contributed by atoms with Crippen LogP contribution in [0.1, 0.15) is 12.8 Å². The van der Waals surface area contributed by atoms with E-state index in [9.17, 15) is 13.2 Å². The molecule has 7 nitrogen and oxygen atoms in total. The third-order valence-electron chi connectivity index (χ3n) is 3.65. The molecule has 1 aromatic heterocycles.